The van der Waals surface area contributed by atoms with Crippen LogP contribution < -0.4 is 11.5 Å². The van der Waals surface area contributed by atoms with Gasteiger partial charge < -0.3 is 11.5 Å². The van der Waals surface area contributed by atoms with Gasteiger partial charge in [0, 0.05) is 10.1 Å². The molecule has 1 heterocycles. The van der Waals surface area contributed by atoms with Gasteiger partial charge in [0.1, 0.15) is 5.82 Å². The largest absolute Gasteiger partial charge is 0.383 e. The number of aromatic nitrogens is 1. The zero-order valence-corrected chi connectivity index (χ0v) is 8.76. The number of rotatable bonds is 2. The quantitative estimate of drug-likeness (QED) is 0.816. The Labute approximate surface area is 87.7 Å². The summed E-state index contributed by atoms with van der Waals surface area (Å²) in [5.41, 5.74) is 11.0. The van der Waals surface area contributed by atoms with Gasteiger partial charge >= 0.3 is 0 Å². The molecule has 0 radical (unpaired) electrons. The van der Waals surface area contributed by atoms with Gasteiger partial charge in [0.25, 0.3) is 6.43 Å². The lowest BCUT2D eigenvalue weighted by atomic mass is 10.2. The van der Waals surface area contributed by atoms with Crippen LogP contribution in [0, 0.1) is 3.57 Å². The number of nitrogens with two attached hydrogens (primary N) is 2. The maximum atomic E-state index is 12.3. The van der Waals surface area contributed by atoms with Gasteiger partial charge in [-0.1, -0.05) is 0 Å². The highest BCUT2D eigenvalue weighted by Gasteiger charge is 2.14. The topological polar surface area (TPSA) is 64.9 Å². The van der Waals surface area contributed by atoms with Crippen LogP contribution >= 0.6 is 22.6 Å². The number of pyridine rings is 1. The van der Waals surface area contributed by atoms with Crippen molar-refractivity contribution < 1.29 is 8.78 Å². The van der Waals surface area contributed by atoms with Gasteiger partial charge in [-0.2, -0.15) is 0 Å². The van der Waals surface area contributed by atoms with E-state index in [1.807, 2.05) is 22.6 Å². The van der Waals surface area contributed by atoms with E-state index >= 15 is 0 Å². The Hall–Kier alpha value is -0.500. The molecule has 0 fully saturated rings. The maximum absolute atomic E-state index is 12.3. The van der Waals surface area contributed by atoms with Gasteiger partial charge in [-0.15, -0.1) is 0 Å². The van der Waals surface area contributed by atoms with Crippen LogP contribution in [-0.2, 0) is 6.54 Å². The molecule has 1 aromatic rings. The summed E-state index contributed by atoms with van der Waals surface area (Å²) in [6.07, 6.45) is -2.59. The summed E-state index contributed by atoms with van der Waals surface area (Å²) >= 11 is 1.90. The molecule has 1 rings (SSSR count). The molecule has 4 N–H and O–H groups in total. The highest BCUT2D eigenvalue weighted by atomic mass is 127. The molecule has 0 atom stereocenters. The molecule has 3 nitrogen and oxygen atoms in total. The van der Waals surface area contributed by atoms with Crippen molar-refractivity contribution in [3.8, 4) is 0 Å². The first kappa shape index (κ1) is 10.6. The van der Waals surface area contributed by atoms with Crippen LogP contribution in [-0.4, -0.2) is 4.98 Å². The number of hydrogen-bond acceptors (Lipinski definition) is 3. The zero-order chi connectivity index (χ0) is 10.0. The van der Waals surface area contributed by atoms with Crippen molar-refractivity contribution in [2.45, 2.75) is 13.0 Å². The second kappa shape index (κ2) is 4.14. The standard InChI is InChI=1S/C7H8F2IN3/c8-6(9)3-1-4(10)5(2-11)13-7(3)12/h1,6H,2,11H2,(H2,12,13). The average Bonchev–Trinajstić information content (AvgIpc) is 2.07. The molecule has 0 saturated heterocycles. The Morgan fingerprint density at radius 2 is 2.15 bits per heavy atom. The monoisotopic (exact) mass is 299 g/mol. The predicted molar refractivity (Wildman–Crippen MR) is 54.2 cm³/mol. The van der Waals surface area contributed by atoms with Crippen molar-refractivity contribution >= 4 is 28.4 Å². The zero-order valence-electron chi connectivity index (χ0n) is 6.60. The van der Waals surface area contributed by atoms with Crippen molar-refractivity contribution in [1.29, 1.82) is 0 Å². The first-order chi connectivity index (χ1) is 6.06. The second-order valence-electron chi connectivity index (χ2n) is 2.40. The van der Waals surface area contributed by atoms with E-state index in [2.05, 4.69) is 4.98 Å². The molecule has 0 bridgehead atoms. The minimum Gasteiger partial charge on any atom is -0.383 e. The molecule has 13 heavy (non-hydrogen) atoms. The summed E-state index contributed by atoms with van der Waals surface area (Å²) in [5.74, 6) is -0.143. The van der Waals surface area contributed by atoms with Crippen molar-refractivity contribution in [3.63, 3.8) is 0 Å². The van der Waals surface area contributed by atoms with E-state index in [9.17, 15) is 8.78 Å². The molecule has 0 amide bonds. The van der Waals surface area contributed by atoms with Gasteiger partial charge in [-0.05, 0) is 28.7 Å². The van der Waals surface area contributed by atoms with Crippen molar-refractivity contribution in [1.82, 2.24) is 4.98 Å². The summed E-state index contributed by atoms with van der Waals surface area (Å²) in [6.45, 7) is 0.200. The Bertz CT molecular complexity index is 317. The van der Waals surface area contributed by atoms with Gasteiger partial charge in [-0.25, -0.2) is 13.8 Å². The van der Waals surface area contributed by atoms with E-state index in [1.54, 1.807) is 0 Å². The molecule has 0 aliphatic rings. The Morgan fingerprint density at radius 1 is 1.54 bits per heavy atom. The van der Waals surface area contributed by atoms with Crippen molar-refractivity contribution in [3.05, 3.63) is 20.9 Å². The van der Waals surface area contributed by atoms with E-state index in [4.69, 9.17) is 11.5 Å². The summed E-state index contributed by atoms with van der Waals surface area (Å²) in [7, 11) is 0. The number of hydrogen-bond donors (Lipinski definition) is 2. The predicted octanol–water partition coefficient (Wildman–Crippen LogP) is 1.66. The molecule has 0 saturated carbocycles. The highest BCUT2D eigenvalue weighted by molar-refractivity contribution is 14.1. The lowest BCUT2D eigenvalue weighted by Crippen LogP contribution is -2.07. The third-order valence-corrected chi connectivity index (χ3v) is 2.47. The normalized spacial score (nSPS) is 10.8. The molecule has 0 aliphatic heterocycles. The minimum atomic E-state index is -2.59. The average molecular weight is 299 g/mol. The number of nitrogens with zero attached hydrogens (tertiary/aromatic N) is 1. The first-order valence-electron chi connectivity index (χ1n) is 3.49. The fraction of sp³-hybridized carbons (Fsp3) is 0.286. The number of nitrogen functional groups attached to an aromatic ring is 1. The molecule has 1 aromatic heterocycles. The lowest BCUT2D eigenvalue weighted by molar-refractivity contribution is 0.152. The van der Waals surface area contributed by atoms with E-state index in [0.717, 1.165) is 0 Å². The van der Waals surface area contributed by atoms with E-state index in [0.29, 0.717) is 9.26 Å². The third-order valence-electron chi connectivity index (χ3n) is 1.54. The maximum Gasteiger partial charge on any atom is 0.267 e. The van der Waals surface area contributed by atoms with Crippen molar-refractivity contribution in [2.75, 3.05) is 5.73 Å². The first-order valence-corrected chi connectivity index (χ1v) is 4.57. The smallest absolute Gasteiger partial charge is 0.267 e. The fourth-order valence-corrected chi connectivity index (χ4v) is 1.55. The summed E-state index contributed by atoms with van der Waals surface area (Å²) in [4.78, 5) is 3.78. The molecule has 6 heteroatoms. The van der Waals surface area contributed by atoms with Crippen LogP contribution in [0.2, 0.25) is 0 Å². The Morgan fingerprint density at radius 3 is 2.62 bits per heavy atom. The van der Waals surface area contributed by atoms with Crippen LogP contribution in [0.15, 0.2) is 6.07 Å². The molecular weight excluding hydrogens is 291 g/mol. The minimum absolute atomic E-state index is 0.143. The lowest BCUT2D eigenvalue weighted by Gasteiger charge is -2.07. The van der Waals surface area contributed by atoms with Gasteiger partial charge in [0.15, 0.2) is 0 Å². The molecule has 0 aromatic carbocycles. The Balaban J connectivity index is 3.20. The summed E-state index contributed by atoms with van der Waals surface area (Å²) < 4.78 is 25.2. The van der Waals surface area contributed by atoms with Gasteiger partial charge in [0.05, 0.1) is 11.3 Å². The van der Waals surface area contributed by atoms with Crippen LogP contribution in [0.4, 0.5) is 14.6 Å². The Kier molecular flexibility index (Phi) is 3.37. The molecular formula is C7H8F2IN3. The molecule has 0 unspecified atom stereocenters. The molecule has 0 spiro atoms. The van der Waals surface area contributed by atoms with Crippen molar-refractivity contribution in [2.24, 2.45) is 5.73 Å². The number of halogens is 3. The number of anilines is 1. The fourth-order valence-electron chi connectivity index (χ4n) is 0.875. The van der Waals surface area contributed by atoms with Crippen LogP contribution in [0.5, 0.6) is 0 Å². The molecule has 0 aliphatic carbocycles. The molecule has 72 valence electrons. The van der Waals surface area contributed by atoms with Crippen LogP contribution in [0.3, 0.4) is 0 Å². The SMILES string of the molecule is NCc1nc(N)c(C(F)F)cc1I. The van der Waals surface area contributed by atoms with Crippen LogP contribution in [0.25, 0.3) is 0 Å². The van der Waals surface area contributed by atoms with E-state index < -0.39 is 6.43 Å². The van der Waals surface area contributed by atoms with Gasteiger partial charge in [-0.3, -0.25) is 0 Å². The summed E-state index contributed by atoms with van der Waals surface area (Å²) in [6, 6.07) is 1.32. The van der Waals surface area contributed by atoms with E-state index in [-0.39, 0.29) is 17.9 Å². The summed E-state index contributed by atoms with van der Waals surface area (Å²) in [5, 5.41) is 0. The highest BCUT2D eigenvalue weighted by Crippen LogP contribution is 2.26. The third kappa shape index (κ3) is 2.25. The van der Waals surface area contributed by atoms with Gasteiger partial charge in [0.2, 0.25) is 0 Å². The second-order valence-corrected chi connectivity index (χ2v) is 3.56. The van der Waals surface area contributed by atoms with Crippen LogP contribution in [0.1, 0.15) is 17.7 Å². The van der Waals surface area contributed by atoms with E-state index in [1.165, 1.54) is 6.07 Å². The number of alkyl halides is 2.